The number of hydrogen-bond acceptors (Lipinski definition) is 5. The van der Waals surface area contributed by atoms with E-state index in [1.807, 2.05) is 0 Å². The summed E-state index contributed by atoms with van der Waals surface area (Å²) < 4.78 is 21.8. The molecule has 33 heavy (non-hydrogen) atoms. The molecule has 2 heterocycles. The van der Waals surface area contributed by atoms with Crippen molar-refractivity contribution in [2.75, 3.05) is 26.4 Å². The maximum absolute atomic E-state index is 14.0. The number of aliphatic hydroxyl groups excluding tert-OH is 1. The Balaban J connectivity index is 1.94. The minimum Gasteiger partial charge on any atom is -0.396 e. The largest absolute Gasteiger partial charge is 0.396 e. The van der Waals surface area contributed by atoms with Crippen molar-refractivity contribution >= 4 is 23.0 Å². The van der Waals surface area contributed by atoms with Crippen LogP contribution in [0.3, 0.4) is 0 Å². The molecule has 2 amide bonds. The lowest BCUT2D eigenvalue weighted by molar-refractivity contribution is -0.125. The Bertz CT molecular complexity index is 1050. The van der Waals surface area contributed by atoms with Crippen molar-refractivity contribution in [1.29, 1.82) is 0 Å². The lowest BCUT2D eigenvalue weighted by Gasteiger charge is -2.30. The topological polar surface area (TPSA) is 115 Å². The van der Waals surface area contributed by atoms with Gasteiger partial charge in [-0.3, -0.25) is 9.36 Å². The predicted octanol–water partition coefficient (Wildman–Crippen LogP) is 1.84. The van der Waals surface area contributed by atoms with E-state index in [1.54, 1.807) is 20.8 Å². The van der Waals surface area contributed by atoms with Gasteiger partial charge in [0.1, 0.15) is 11.9 Å². The van der Waals surface area contributed by atoms with Crippen LogP contribution in [0.5, 0.6) is 0 Å². The molecule has 0 spiro atoms. The summed E-state index contributed by atoms with van der Waals surface area (Å²) in [5.74, 6) is -0.729. The zero-order chi connectivity index (χ0) is 24.2. The summed E-state index contributed by atoms with van der Waals surface area (Å²) in [7, 11) is 0. The summed E-state index contributed by atoms with van der Waals surface area (Å²) in [6, 6.07) is 2.18. The number of aromatic nitrogens is 2. The molecule has 0 radical (unpaired) electrons. The van der Waals surface area contributed by atoms with Gasteiger partial charge in [0.05, 0.1) is 11.0 Å². The Kier molecular flexibility index (Phi) is 7.91. The summed E-state index contributed by atoms with van der Waals surface area (Å²) in [6.07, 6.45) is 1.95. The summed E-state index contributed by atoms with van der Waals surface area (Å²) in [4.78, 5) is 39.3. The molecule has 182 valence electrons. The van der Waals surface area contributed by atoms with Crippen LogP contribution in [-0.2, 0) is 16.1 Å². The van der Waals surface area contributed by atoms with E-state index in [0.717, 1.165) is 17.4 Å². The first kappa shape index (κ1) is 24.9. The van der Waals surface area contributed by atoms with Crippen LogP contribution in [-0.4, -0.2) is 58.6 Å². The van der Waals surface area contributed by atoms with Gasteiger partial charge in [0, 0.05) is 32.9 Å². The van der Waals surface area contributed by atoms with E-state index < -0.39 is 34.9 Å². The second-order valence-electron chi connectivity index (χ2n) is 9.53. The Labute approximate surface area is 191 Å². The molecule has 1 aromatic heterocycles. The van der Waals surface area contributed by atoms with Crippen LogP contribution in [0.2, 0.25) is 0 Å². The van der Waals surface area contributed by atoms with Crippen molar-refractivity contribution in [3.63, 3.8) is 0 Å². The number of carbonyl (C=O) groups excluding carboxylic acids is 2. The number of fused-ring (bicyclic) bond motifs is 1. The smallest absolute Gasteiger partial charge is 0.337 e. The number of benzene rings is 1. The van der Waals surface area contributed by atoms with Crippen LogP contribution in [0.1, 0.15) is 40.0 Å². The molecule has 0 aliphatic carbocycles. The number of amides is 2. The number of nitrogens with zero attached hydrogens (tertiary/aromatic N) is 2. The zero-order valence-corrected chi connectivity index (χ0v) is 19.4. The van der Waals surface area contributed by atoms with Crippen molar-refractivity contribution in [3.8, 4) is 0 Å². The molecule has 1 fully saturated rings. The predicted molar refractivity (Wildman–Crippen MR) is 122 cm³/mol. The monoisotopic (exact) mass is 464 g/mol. The van der Waals surface area contributed by atoms with Gasteiger partial charge in [0.2, 0.25) is 5.91 Å². The Hall–Kier alpha value is -2.72. The highest BCUT2D eigenvalue weighted by Gasteiger charge is 2.34. The molecule has 1 saturated heterocycles. The van der Waals surface area contributed by atoms with Crippen molar-refractivity contribution in [2.45, 2.75) is 52.6 Å². The van der Waals surface area contributed by atoms with Crippen LogP contribution in [0.15, 0.2) is 23.0 Å². The molecule has 2 aromatic rings. The molecule has 1 aliphatic rings. The third-order valence-electron chi connectivity index (χ3n) is 5.91. The van der Waals surface area contributed by atoms with Crippen molar-refractivity contribution in [3.05, 3.63) is 34.5 Å². The van der Waals surface area contributed by atoms with E-state index in [2.05, 4.69) is 10.6 Å². The molecule has 0 unspecified atom stereocenters. The van der Waals surface area contributed by atoms with Gasteiger partial charge < -0.3 is 20.5 Å². The molecule has 9 nitrogen and oxygen atoms in total. The fourth-order valence-corrected chi connectivity index (χ4v) is 4.04. The SMILES string of the molecule is CC(C)(C)[C@H](NC(=O)n1c(=O)n(CC2CCOCC2)c2cc(F)ccc21)C(=O)NCCCO. The molecule has 0 saturated carbocycles. The highest BCUT2D eigenvalue weighted by Crippen LogP contribution is 2.22. The third kappa shape index (κ3) is 5.80. The molecule has 10 heteroatoms. The summed E-state index contributed by atoms with van der Waals surface area (Å²) in [5, 5.41) is 14.3. The molecule has 3 rings (SSSR count). The second-order valence-corrected chi connectivity index (χ2v) is 9.53. The molecule has 1 aromatic carbocycles. The maximum Gasteiger partial charge on any atom is 0.337 e. The van der Waals surface area contributed by atoms with Gasteiger partial charge in [0.15, 0.2) is 0 Å². The summed E-state index contributed by atoms with van der Waals surface area (Å²) in [6.45, 7) is 7.17. The standard InChI is InChI=1S/C23H33FN4O5/c1-23(2,3)19(20(30)25-9-4-10-29)26-21(31)28-17-6-5-16(24)13-18(17)27(22(28)32)14-15-7-11-33-12-8-15/h5-6,13,15,19,29H,4,7-12,14H2,1-3H3,(H,25,30)(H,26,31)/t19-/m1/s1. The van der Waals surface area contributed by atoms with Gasteiger partial charge in [-0.1, -0.05) is 20.8 Å². The second kappa shape index (κ2) is 10.5. The number of ether oxygens (including phenoxy) is 1. The minimum atomic E-state index is -0.926. The van der Waals surface area contributed by atoms with Gasteiger partial charge >= 0.3 is 11.7 Å². The van der Waals surface area contributed by atoms with E-state index in [4.69, 9.17) is 9.84 Å². The van der Waals surface area contributed by atoms with Gasteiger partial charge in [-0.05, 0) is 48.8 Å². The van der Waals surface area contributed by atoms with Crippen LogP contribution >= 0.6 is 0 Å². The Morgan fingerprint density at radius 2 is 1.94 bits per heavy atom. The number of halogens is 1. The Morgan fingerprint density at radius 1 is 1.24 bits per heavy atom. The van der Waals surface area contributed by atoms with Crippen LogP contribution in [0.4, 0.5) is 9.18 Å². The fraction of sp³-hybridized carbons (Fsp3) is 0.609. The lowest BCUT2D eigenvalue weighted by atomic mass is 9.86. The number of hydrogen-bond donors (Lipinski definition) is 3. The van der Waals surface area contributed by atoms with E-state index in [-0.39, 0.29) is 24.6 Å². The van der Waals surface area contributed by atoms with Crippen molar-refractivity contribution in [2.24, 2.45) is 11.3 Å². The van der Waals surface area contributed by atoms with Gasteiger partial charge in [-0.25, -0.2) is 18.5 Å². The molecular weight excluding hydrogens is 431 g/mol. The van der Waals surface area contributed by atoms with E-state index >= 15 is 0 Å². The fourth-order valence-electron chi connectivity index (χ4n) is 4.04. The molecule has 1 aliphatic heterocycles. The van der Waals surface area contributed by atoms with Crippen LogP contribution in [0, 0.1) is 17.2 Å². The number of rotatable bonds is 7. The average Bonchev–Trinajstić information content (AvgIpc) is 3.02. The summed E-state index contributed by atoms with van der Waals surface area (Å²) in [5.41, 5.74) is -0.608. The normalized spacial score (nSPS) is 16.0. The highest BCUT2D eigenvalue weighted by atomic mass is 19.1. The first-order valence-corrected chi connectivity index (χ1v) is 11.3. The zero-order valence-electron chi connectivity index (χ0n) is 19.4. The number of nitrogens with one attached hydrogen (secondary N) is 2. The number of aliphatic hydroxyl groups is 1. The quantitative estimate of drug-likeness (QED) is 0.541. The van der Waals surface area contributed by atoms with Gasteiger partial charge in [-0.15, -0.1) is 0 Å². The summed E-state index contributed by atoms with van der Waals surface area (Å²) >= 11 is 0. The minimum absolute atomic E-state index is 0.0641. The number of imidazole rings is 1. The van der Waals surface area contributed by atoms with Gasteiger partial charge in [-0.2, -0.15) is 0 Å². The molecule has 3 N–H and O–H groups in total. The molecule has 1 atom stereocenters. The Morgan fingerprint density at radius 3 is 2.58 bits per heavy atom. The molecule has 0 bridgehead atoms. The van der Waals surface area contributed by atoms with Crippen molar-refractivity contribution in [1.82, 2.24) is 19.8 Å². The average molecular weight is 465 g/mol. The van der Waals surface area contributed by atoms with Crippen LogP contribution < -0.4 is 16.3 Å². The first-order chi connectivity index (χ1) is 15.6. The maximum atomic E-state index is 14.0. The van der Waals surface area contributed by atoms with E-state index in [1.165, 1.54) is 22.8 Å². The lowest BCUT2D eigenvalue weighted by Crippen LogP contribution is -2.55. The van der Waals surface area contributed by atoms with E-state index in [0.29, 0.717) is 31.7 Å². The first-order valence-electron chi connectivity index (χ1n) is 11.3. The van der Waals surface area contributed by atoms with Crippen molar-refractivity contribution < 1.29 is 23.8 Å². The van der Waals surface area contributed by atoms with Gasteiger partial charge in [0.25, 0.3) is 0 Å². The highest BCUT2D eigenvalue weighted by molar-refractivity contribution is 5.93. The van der Waals surface area contributed by atoms with Crippen LogP contribution in [0.25, 0.3) is 11.0 Å². The third-order valence-corrected chi connectivity index (χ3v) is 5.91. The molecular formula is C23H33FN4O5. The van der Waals surface area contributed by atoms with E-state index in [9.17, 15) is 18.8 Å². The number of carbonyl (C=O) groups is 2.